The summed E-state index contributed by atoms with van der Waals surface area (Å²) < 4.78 is 0. The fraction of sp³-hybridized carbons (Fsp3) is 0.250. The van der Waals surface area contributed by atoms with E-state index in [1.807, 2.05) is 0 Å². The minimum atomic E-state index is 0.387. The summed E-state index contributed by atoms with van der Waals surface area (Å²) in [7, 11) is 1.50. The summed E-state index contributed by atoms with van der Waals surface area (Å²) in [6, 6.07) is 5.34. The lowest BCUT2D eigenvalue weighted by molar-refractivity contribution is 1.07. The molecule has 0 unspecified atom stereocenters. The standard InChI is InChI=1S/C7H7Cl2N.CH5N/c8-6-2-1-3-7(9)5(6)4-10;1-2/h1-3H,4,10H2;2H2,1H3. The fourth-order valence-electron chi connectivity index (χ4n) is 0.727. The Labute approximate surface area is 82.5 Å². The topological polar surface area (TPSA) is 52.0 Å². The number of hydrogen-bond acceptors (Lipinski definition) is 2. The van der Waals surface area contributed by atoms with E-state index < -0.39 is 0 Å². The average Bonchev–Trinajstić information content (AvgIpc) is 2.08. The minimum Gasteiger partial charge on any atom is -0.333 e. The lowest BCUT2D eigenvalue weighted by atomic mass is 10.2. The smallest absolute Gasteiger partial charge is 0.0465 e. The first-order valence-corrected chi connectivity index (χ1v) is 4.22. The van der Waals surface area contributed by atoms with E-state index >= 15 is 0 Å². The van der Waals surface area contributed by atoms with Crippen molar-refractivity contribution in [3.8, 4) is 0 Å². The second kappa shape index (κ2) is 6.26. The Morgan fingerprint density at radius 1 is 1.17 bits per heavy atom. The Morgan fingerprint density at radius 2 is 1.58 bits per heavy atom. The molecule has 0 spiro atoms. The maximum atomic E-state index is 5.77. The molecule has 0 aliphatic heterocycles. The van der Waals surface area contributed by atoms with Gasteiger partial charge < -0.3 is 11.5 Å². The summed E-state index contributed by atoms with van der Waals surface area (Å²) in [6.45, 7) is 0.387. The van der Waals surface area contributed by atoms with Gasteiger partial charge in [0, 0.05) is 22.2 Å². The van der Waals surface area contributed by atoms with Crippen molar-refractivity contribution in [2.45, 2.75) is 6.54 Å². The molecule has 0 fully saturated rings. The zero-order valence-corrected chi connectivity index (χ0v) is 8.36. The molecular weight excluding hydrogens is 195 g/mol. The second-order valence-corrected chi connectivity index (χ2v) is 2.72. The fourth-order valence-corrected chi connectivity index (χ4v) is 1.28. The Hall–Kier alpha value is -0.280. The molecular formula is C8H12Cl2N2. The van der Waals surface area contributed by atoms with Gasteiger partial charge in [0.25, 0.3) is 0 Å². The third-order valence-electron chi connectivity index (χ3n) is 1.27. The lowest BCUT2D eigenvalue weighted by Gasteiger charge is -2.01. The number of halogens is 2. The van der Waals surface area contributed by atoms with Crippen LogP contribution < -0.4 is 11.5 Å². The summed E-state index contributed by atoms with van der Waals surface area (Å²) in [5.74, 6) is 0. The molecule has 0 aromatic heterocycles. The molecule has 2 nitrogen and oxygen atoms in total. The number of hydrogen-bond donors (Lipinski definition) is 2. The second-order valence-electron chi connectivity index (χ2n) is 1.90. The molecule has 4 N–H and O–H groups in total. The molecule has 12 heavy (non-hydrogen) atoms. The van der Waals surface area contributed by atoms with Crippen molar-refractivity contribution >= 4 is 23.2 Å². The van der Waals surface area contributed by atoms with Crippen molar-refractivity contribution in [3.63, 3.8) is 0 Å². The molecule has 0 saturated heterocycles. The van der Waals surface area contributed by atoms with Crippen LogP contribution in [0.5, 0.6) is 0 Å². The van der Waals surface area contributed by atoms with Crippen LogP contribution in [-0.2, 0) is 6.54 Å². The Bertz CT molecular complexity index is 218. The highest BCUT2D eigenvalue weighted by Crippen LogP contribution is 2.22. The largest absolute Gasteiger partial charge is 0.333 e. The maximum Gasteiger partial charge on any atom is 0.0465 e. The van der Waals surface area contributed by atoms with Crippen molar-refractivity contribution in [1.29, 1.82) is 0 Å². The Kier molecular flexibility index (Phi) is 6.11. The van der Waals surface area contributed by atoms with Crippen LogP contribution in [-0.4, -0.2) is 7.05 Å². The predicted molar refractivity (Wildman–Crippen MR) is 54.5 cm³/mol. The van der Waals surface area contributed by atoms with E-state index in [-0.39, 0.29) is 0 Å². The summed E-state index contributed by atoms with van der Waals surface area (Å²) in [5.41, 5.74) is 10.7. The normalized spacial score (nSPS) is 8.75. The van der Waals surface area contributed by atoms with Crippen molar-refractivity contribution < 1.29 is 0 Å². The molecule has 4 heteroatoms. The predicted octanol–water partition coefficient (Wildman–Crippen LogP) is 2.03. The SMILES string of the molecule is CN.NCc1c(Cl)cccc1Cl. The third-order valence-corrected chi connectivity index (χ3v) is 1.97. The highest BCUT2D eigenvalue weighted by atomic mass is 35.5. The van der Waals surface area contributed by atoms with Gasteiger partial charge >= 0.3 is 0 Å². The molecule has 0 heterocycles. The first kappa shape index (κ1) is 11.7. The number of rotatable bonds is 1. The molecule has 0 atom stereocenters. The van der Waals surface area contributed by atoms with Crippen LogP contribution in [0.15, 0.2) is 18.2 Å². The summed E-state index contributed by atoms with van der Waals surface area (Å²) in [4.78, 5) is 0. The van der Waals surface area contributed by atoms with Crippen LogP contribution in [0.3, 0.4) is 0 Å². The van der Waals surface area contributed by atoms with Crippen LogP contribution in [0.25, 0.3) is 0 Å². The molecule has 0 amide bonds. The van der Waals surface area contributed by atoms with Crippen molar-refractivity contribution in [3.05, 3.63) is 33.8 Å². The van der Waals surface area contributed by atoms with Crippen LogP contribution in [0, 0.1) is 0 Å². The van der Waals surface area contributed by atoms with Gasteiger partial charge in [-0.3, -0.25) is 0 Å². The molecule has 1 aromatic rings. The van der Waals surface area contributed by atoms with Gasteiger partial charge in [0.05, 0.1) is 0 Å². The highest BCUT2D eigenvalue weighted by Gasteiger charge is 2.00. The average molecular weight is 207 g/mol. The first-order valence-electron chi connectivity index (χ1n) is 3.46. The molecule has 0 radical (unpaired) electrons. The van der Waals surface area contributed by atoms with Gasteiger partial charge in [-0.1, -0.05) is 29.3 Å². The van der Waals surface area contributed by atoms with Crippen molar-refractivity contribution in [2.75, 3.05) is 7.05 Å². The molecule has 0 aliphatic rings. The first-order chi connectivity index (χ1) is 5.75. The molecule has 1 aromatic carbocycles. The van der Waals surface area contributed by atoms with E-state index in [1.165, 1.54) is 7.05 Å². The summed E-state index contributed by atoms with van der Waals surface area (Å²) >= 11 is 11.5. The lowest BCUT2D eigenvalue weighted by Crippen LogP contribution is -1.97. The van der Waals surface area contributed by atoms with E-state index in [0.29, 0.717) is 16.6 Å². The maximum absolute atomic E-state index is 5.77. The monoisotopic (exact) mass is 206 g/mol. The van der Waals surface area contributed by atoms with Crippen molar-refractivity contribution in [2.24, 2.45) is 11.5 Å². The molecule has 68 valence electrons. The van der Waals surface area contributed by atoms with Gasteiger partial charge in [0.1, 0.15) is 0 Å². The zero-order valence-electron chi connectivity index (χ0n) is 6.85. The van der Waals surface area contributed by atoms with Gasteiger partial charge in [-0.2, -0.15) is 0 Å². The van der Waals surface area contributed by atoms with E-state index in [0.717, 1.165) is 5.56 Å². The highest BCUT2D eigenvalue weighted by molar-refractivity contribution is 6.35. The summed E-state index contributed by atoms with van der Waals surface area (Å²) in [6.07, 6.45) is 0. The van der Waals surface area contributed by atoms with Crippen molar-refractivity contribution in [1.82, 2.24) is 0 Å². The zero-order chi connectivity index (χ0) is 9.56. The molecule has 1 rings (SSSR count). The molecule has 0 aliphatic carbocycles. The van der Waals surface area contributed by atoms with Crippen LogP contribution in [0.4, 0.5) is 0 Å². The third kappa shape index (κ3) is 2.99. The van der Waals surface area contributed by atoms with E-state index in [9.17, 15) is 0 Å². The van der Waals surface area contributed by atoms with Crippen LogP contribution in [0.1, 0.15) is 5.56 Å². The van der Waals surface area contributed by atoms with Gasteiger partial charge in [0.2, 0.25) is 0 Å². The van der Waals surface area contributed by atoms with E-state index in [1.54, 1.807) is 18.2 Å². The quantitative estimate of drug-likeness (QED) is 0.740. The van der Waals surface area contributed by atoms with Gasteiger partial charge in [-0.15, -0.1) is 0 Å². The van der Waals surface area contributed by atoms with Crippen LogP contribution >= 0.6 is 23.2 Å². The summed E-state index contributed by atoms with van der Waals surface area (Å²) in [5, 5.41) is 1.27. The Balaban J connectivity index is 0.000000561. The number of benzene rings is 1. The van der Waals surface area contributed by atoms with Gasteiger partial charge in [-0.05, 0) is 19.2 Å². The minimum absolute atomic E-state index is 0.387. The molecule has 0 saturated carbocycles. The van der Waals surface area contributed by atoms with Gasteiger partial charge in [-0.25, -0.2) is 0 Å². The molecule has 0 bridgehead atoms. The van der Waals surface area contributed by atoms with Gasteiger partial charge in [0.15, 0.2) is 0 Å². The van der Waals surface area contributed by atoms with E-state index in [4.69, 9.17) is 28.9 Å². The Morgan fingerprint density at radius 3 is 1.83 bits per heavy atom. The number of nitrogens with two attached hydrogens (primary N) is 2. The van der Waals surface area contributed by atoms with E-state index in [2.05, 4.69) is 5.73 Å². The van der Waals surface area contributed by atoms with Crippen LogP contribution in [0.2, 0.25) is 10.0 Å².